The van der Waals surface area contributed by atoms with Crippen molar-refractivity contribution in [3.05, 3.63) is 29.3 Å². The molecule has 0 saturated heterocycles. The molecule has 4 N–H and O–H groups in total. The summed E-state index contributed by atoms with van der Waals surface area (Å²) in [5.74, 6) is -0.560. The minimum atomic E-state index is -4.48. The van der Waals surface area contributed by atoms with Gasteiger partial charge in [-0.05, 0) is 30.7 Å². The maximum Gasteiger partial charge on any atom is 0.416 e. The number of carbonyl (C=O) groups is 1. The zero-order valence-corrected chi connectivity index (χ0v) is 11.9. The van der Waals surface area contributed by atoms with E-state index in [9.17, 15) is 18.0 Å². The Hall–Kier alpha value is -1.76. The molecular formula is C14H20F3N3O. The van der Waals surface area contributed by atoms with Crippen LogP contribution < -0.4 is 11.5 Å². The lowest BCUT2D eigenvalue weighted by atomic mass is 10.1. The molecule has 0 aliphatic rings. The number of hydrogen-bond acceptors (Lipinski definition) is 3. The average Bonchev–Trinajstić information content (AvgIpc) is 2.36. The Morgan fingerprint density at radius 2 is 2.00 bits per heavy atom. The van der Waals surface area contributed by atoms with Crippen LogP contribution in [0.1, 0.15) is 30.9 Å². The number of nitrogen functional groups attached to an aromatic ring is 1. The van der Waals surface area contributed by atoms with Gasteiger partial charge in [0.15, 0.2) is 0 Å². The number of halogens is 3. The monoisotopic (exact) mass is 303 g/mol. The molecule has 21 heavy (non-hydrogen) atoms. The third-order valence-corrected chi connectivity index (χ3v) is 3.04. The fourth-order valence-corrected chi connectivity index (χ4v) is 2.05. The summed E-state index contributed by atoms with van der Waals surface area (Å²) in [4.78, 5) is 12.7. The van der Waals surface area contributed by atoms with E-state index >= 15 is 0 Å². The van der Waals surface area contributed by atoms with Gasteiger partial charge in [-0.15, -0.1) is 0 Å². The lowest BCUT2D eigenvalue weighted by molar-refractivity contribution is -0.138. The summed E-state index contributed by atoms with van der Waals surface area (Å²) < 4.78 is 39.1. The van der Waals surface area contributed by atoms with Crippen LogP contribution in [0.4, 0.5) is 18.9 Å². The standard InChI is InChI=1S/C14H20F3N3O/c1-2-3-6-20(9-13(19)21)8-10-4-5-11(18)7-12(10)14(15,16)17/h4-5,7H,2-3,6,8-9,18H2,1H3,(H2,19,21). The first kappa shape index (κ1) is 17.3. The molecule has 0 aliphatic heterocycles. The summed E-state index contributed by atoms with van der Waals surface area (Å²) in [6.45, 7) is 2.42. The molecule has 0 bridgehead atoms. The van der Waals surface area contributed by atoms with Crippen LogP contribution in [0.5, 0.6) is 0 Å². The number of nitrogens with zero attached hydrogens (tertiary/aromatic N) is 1. The molecule has 7 heteroatoms. The highest BCUT2D eigenvalue weighted by molar-refractivity contribution is 5.75. The van der Waals surface area contributed by atoms with Crippen LogP contribution in [0.3, 0.4) is 0 Å². The first-order valence-corrected chi connectivity index (χ1v) is 6.70. The van der Waals surface area contributed by atoms with Crippen molar-refractivity contribution in [1.29, 1.82) is 0 Å². The number of nitrogens with two attached hydrogens (primary N) is 2. The largest absolute Gasteiger partial charge is 0.416 e. The van der Waals surface area contributed by atoms with Gasteiger partial charge < -0.3 is 11.5 Å². The second kappa shape index (κ2) is 7.31. The van der Waals surface area contributed by atoms with Crippen molar-refractivity contribution < 1.29 is 18.0 Å². The molecule has 0 spiro atoms. The number of hydrogen-bond donors (Lipinski definition) is 2. The van der Waals surface area contributed by atoms with E-state index in [1.54, 1.807) is 4.90 Å². The average molecular weight is 303 g/mol. The number of rotatable bonds is 7. The van der Waals surface area contributed by atoms with Gasteiger partial charge in [0.05, 0.1) is 12.1 Å². The normalized spacial score (nSPS) is 11.9. The number of unbranched alkanes of at least 4 members (excludes halogenated alkanes) is 1. The Kier molecular flexibility index (Phi) is 6.02. The Balaban J connectivity index is 2.99. The summed E-state index contributed by atoms with van der Waals surface area (Å²) in [6.07, 6.45) is -2.82. The van der Waals surface area contributed by atoms with Crippen LogP contribution in [0.15, 0.2) is 18.2 Å². The van der Waals surface area contributed by atoms with Gasteiger partial charge in [-0.25, -0.2) is 0 Å². The van der Waals surface area contributed by atoms with E-state index in [0.717, 1.165) is 18.9 Å². The smallest absolute Gasteiger partial charge is 0.399 e. The van der Waals surface area contributed by atoms with E-state index in [4.69, 9.17) is 11.5 Å². The molecule has 0 saturated carbocycles. The van der Waals surface area contributed by atoms with Crippen molar-refractivity contribution in [2.45, 2.75) is 32.5 Å². The minimum Gasteiger partial charge on any atom is -0.399 e. The molecule has 1 rings (SSSR count). The lowest BCUT2D eigenvalue weighted by Crippen LogP contribution is -2.34. The van der Waals surface area contributed by atoms with Crippen LogP contribution >= 0.6 is 0 Å². The molecular weight excluding hydrogens is 283 g/mol. The van der Waals surface area contributed by atoms with Crippen molar-refractivity contribution in [3.8, 4) is 0 Å². The van der Waals surface area contributed by atoms with E-state index in [1.807, 2.05) is 6.92 Å². The number of primary amides is 1. The highest BCUT2D eigenvalue weighted by atomic mass is 19.4. The fraction of sp³-hybridized carbons (Fsp3) is 0.500. The molecule has 0 aromatic heterocycles. The van der Waals surface area contributed by atoms with Crippen LogP contribution in [0.25, 0.3) is 0 Å². The number of amides is 1. The van der Waals surface area contributed by atoms with E-state index in [2.05, 4.69) is 0 Å². The first-order chi connectivity index (χ1) is 9.74. The molecule has 0 fully saturated rings. The molecule has 0 aliphatic carbocycles. The SMILES string of the molecule is CCCCN(CC(N)=O)Cc1ccc(N)cc1C(F)(F)F. The molecule has 1 aromatic carbocycles. The Morgan fingerprint density at radius 1 is 1.33 bits per heavy atom. The minimum absolute atomic E-state index is 0.0120. The molecule has 0 unspecified atom stereocenters. The summed E-state index contributed by atoms with van der Waals surface area (Å²) >= 11 is 0. The third kappa shape index (κ3) is 5.63. The van der Waals surface area contributed by atoms with Crippen molar-refractivity contribution in [1.82, 2.24) is 4.90 Å². The second-order valence-electron chi connectivity index (χ2n) is 4.94. The van der Waals surface area contributed by atoms with Gasteiger partial charge in [0.1, 0.15) is 0 Å². The van der Waals surface area contributed by atoms with Gasteiger partial charge in [-0.2, -0.15) is 13.2 Å². The molecule has 1 amide bonds. The predicted molar refractivity (Wildman–Crippen MR) is 75.2 cm³/mol. The van der Waals surface area contributed by atoms with Crippen LogP contribution in [-0.4, -0.2) is 23.9 Å². The van der Waals surface area contributed by atoms with E-state index < -0.39 is 17.6 Å². The quantitative estimate of drug-likeness (QED) is 0.760. The van der Waals surface area contributed by atoms with Gasteiger partial charge in [0, 0.05) is 12.2 Å². The summed E-state index contributed by atoms with van der Waals surface area (Å²) in [5, 5.41) is 0. The molecule has 0 heterocycles. The van der Waals surface area contributed by atoms with Crippen molar-refractivity contribution >= 4 is 11.6 Å². The van der Waals surface area contributed by atoms with Gasteiger partial charge >= 0.3 is 6.18 Å². The maximum absolute atomic E-state index is 13.0. The molecule has 118 valence electrons. The first-order valence-electron chi connectivity index (χ1n) is 6.70. The van der Waals surface area contributed by atoms with Gasteiger partial charge in [-0.1, -0.05) is 19.4 Å². The van der Waals surface area contributed by atoms with Crippen molar-refractivity contribution in [3.63, 3.8) is 0 Å². The zero-order valence-electron chi connectivity index (χ0n) is 11.9. The van der Waals surface area contributed by atoms with Crippen LogP contribution in [-0.2, 0) is 17.5 Å². The Labute approximate surface area is 121 Å². The number of carbonyl (C=O) groups excluding carboxylic acids is 1. The highest BCUT2D eigenvalue weighted by Crippen LogP contribution is 2.33. The molecule has 4 nitrogen and oxygen atoms in total. The van der Waals surface area contributed by atoms with Crippen LogP contribution in [0, 0.1) is 0 Å². The van der Waals surface area contributed by atoms with Crippen LogP contribution in [0.2, 0.25) is 0 Å². The Morgan fingerprint density at radius 3 is 2.52 bits per heavy atom. The number of alkyl halides is 3. The second-order valence-corrected chi connectivity index (χ2v) is 4.94. The predicted octanol–water partition coefficient (Wildman–Crippen LogP) is 2.38. The highest BCUT2D eigenvalue weighted by Gasteiger charge is 2.33. The molecule has 0 radical (unpaired) electrons. The summed E-state index contributed by atoms with van der Waals surface area (Å²) in [7, 11) is 0. The third-order valence-electron chi connectivity index (χ3n) is 3.04. The molecule has 0 atom stereocenters. The lowest BCUT2D eigenvalue weighted by Gasteiger charge is -2.23. The molecule has 1 aromatic rings. The summed E-state index contributed by atoms with van der Waals surface area (Å²) in [5.41, 5.74) is 9.95. The van der Waals surface area contributed by atoms with E-state index in [0.29, 0.717) is 6.54 Å². The zero-order chi connectivity index (χ0) is 16.0. The number of benzene rings is 1. The summed E-state index contributed by atoms with van der Waals surface area (Å²) in [6, 6.07) is 3.68. The Bertz CT molecular complexity index is 489. The van der Waals surface area contributed by atoms with E-state index in [1.165, 1.54) is 12.1 Å². The topological polar surface area (TPSA) is 72.3 Å². The maximum atomic E-state index is 13.0. The van der Waals surface area contributed by atoms with Gasteiger partial charge in [0.2, 0.25) is 5.91 Å². The van der Waals surface area contributed by atoms with Crippen molar-refractivity contribution in [2.75, 3.05) is 18.8 Å². The fourth-order valence-electron chi connectivity index (χ4n) is 2.05. The van der Waals surface area contributed by atoms with Gasteiger partial charge in [0.25, 0.3) is 0 Å². The van der Waals surface area contributed by atoms with Crippen molar-refractivity contribution in [2.24, 2.45) is 5.73 Å². The van der Waals surface area contributed by atoms with Gasteiger partial charge in [-0.3, -0.25) is 9.69 Å². The number of anilines is 1. The van der Waals surface area contributed by atoms with E-state index in [-0.39, 0.29) is 24.3 Å².